The van der Waals surface area contributed by atoms with Gasteiger partial charge in [-0.1, -0.05) is 0 Å². The molecule has 0 amide bonds. The summed E-state index contributed by atoms with van der Waals surface area (Å²) < 4.78 is 29.2. The molecule has 0 radical (unpaired) electrons. The molecule has 6 heteroatoms. The van der Waals surface area contributed by atoms with E-state index >= 15 is 0 Å². The van der Waals surface area contributed by atoms with Crippen molar-refractivity contribution in [2.75, 3.05) is 12.8 Å². The summed E-state index contributed by atoms with van der Waals surface area (Å²) >= 11 is 0. The molecular formula is C8H8F2N2O2. The number of nitrogens with zero attached hydrogens (tertiary/aromatic N) is 1. The number of ether oxygens (including phenoxy) is 1. The lowest BCUT2D eigenvalue weighted by molar-refractivity contribution is 0.0582. The van der Waals surface area contributed by atoms with Gasteiger partial charge in [-0.3, -0.25) is 0 Å². The molecule has 2 N–H and O–H groups in total. The highest BCUT2D eigenvalue weighted by Crippen LogP contribution is 2.27. The highest BCUT2D eigenvalue weighted by molar-refractivity contribution is 5.90. The Morgan fingerprint density at radius 3 is 2.79 bits per heavy atom. The van der Waals surface area contributed by atoms with Gasteiger partial charge in [0, 0.05) is 11.9 Å². The molecule has 0 bridgehead atoms. The van der Waals surface area contributed by atoms with E-state index in [1.54, 1.807) is 0 Å². The maximum absolute atomic E-state index is 12.5. The van der Waals surface area contributed by atoms with Crippen LogP contribution in [-0.2, 0) is 4.74 Å². The van der Waals surface area contributed by atoms with Crippen LogP contribution in [0, 0.1) is 0 Å². The first-order valence-electron chi connectivity index (χ1n) is 3.68. The van der Waals surface area contributed by atoms with Gasteiger partial charge < -0.3 is 10.5 Å². The lowest BCUT2D eigenvalue weighted by Gasteiger charge is -2.07. The summed E-state index contributed by atoms with van der Waals surface area (Å²) in [6.45, 7) is 0. The normalized spacial score (nSPS) is 10.3. The van der Waals surface area contributed by atoms with Crippen molar-refractivity contribution in [2.24, 2.45) is 0 Å². The molecule has 14 heavy (non-hydrogen) atoms. The fraction of sp³-hybridized carbons (Fsp3) is 0.250. The smallest absolute Gasteiger partial charge is 0.357 e. The summed E-state index contributed by atoms with van der Waals surface area (Å²) in [5.41, 5.74) is 4.09. The van der Waals surface area contributed by atoms with Crippen LogP contribution in [0.2, 0.25) is 0 Å². The Balaban J connectivity index is 3.28. The molecule has 0 saturated heterocycles. The number of hydrogen-bond donors (Lipinski definition) is 1. The summed E-state index contributed by atoms with van der Waals surface area (Å²) in [6.07, 6.45) is -1.68. The van der Waals surface area contributed by atoms with Crippen molar-refractivity contribution < 1.29 is 18.3 Å². The highest BCUT2D eigenvalue weighted by Gasteiger charge is 2.22. The van der Waals surface area contributed by atoms with Crippen LogP contribution < -0.4 is 5.73 Å². The highest BCUT2D eigenvalue weighted by atomic mass is 19.3. The Labute approximate surface area is 78.7 Å². The SMILES string of the molecule is COC(=O)c1nccc(N)c1C(F)F. The zero-order valence-electron chi connectivity index (χ0n) is 7.33. The van der Waals surface area contributed by atoms with E-state index < -0.39 is 23.7 Å². The van der Waals surface area contributed by atoms with Crippen molar-refractivity contribution in [3.05, 3.63) is 23.5 Å². The molecule has 1 aromatic rings. The quantitative estimate of drug-likeness (QED) is 0.736. The molecule has 0 aliphatic heterocycles. The number of carbonyl (C=O) groups excluding carboxylic acids is 1. The summed E-state index contributed by atoms with van der Waals surface area (Å²) in [5.74, 6) is -0.924. The third-order valence-electron chi connectivity index (χ3n) is 1.62. The van der Waals surface area contributed by atoms with Gasteiger partial charge in [0.25, 0.3) is 6.43 Å². The number of nitrogen functional groups attached to an aromatic ring is 1. The van der Waals surface area contributed by atoms with Crippen molar-refractivity contribution in [3.63, 3.8) is 0 Å². The third-order valence-corrected chi connectivity index (χ3v) is 1.62. The molecule has 0 atom stereocenters. The molecule has 0 unspecified atom stereocenters. The van der Waals surface area contributed by atoms with E-state index in [-0.39, 0.29) is 5.69 Å². The van der Waals surface area contributed by atoms with Gasteiger partial charge in [-0.05, 0) is 6.07 Å². The molecular weight excluding hydrogens is 194 g/mol. The second kappa shape index (κ2) is 3.99. The number of methoxy groups -OCH3 is 1. The standard InChI is InChI=1S/C8H8F2N2O2/c1-14-8(13)6-5(7(9)10)4(11)2-3-12-6/h2-3,7H,1H3,(H2,11,12). The number of halogens is 2. The molecule has 76 valence electrons. The Morgan fingerprint density at radius 2 is 2.29 bits per heavy atom. The summed E-state index contributed by atoms with van der Waals surface area (Å²) in [5, 5.41) is 0. The zero-order valence-corrected chi connectivity index (χ0v) is 7.33. The average molecular weight is 202 g/mol. The maximum Gasteiger partial charge on any atom is 0.357 e. The predicted molar refractivity (Wildman–Crippen MR) is 44.9 cm³/mol. The fourth-order valence-electron chi connectivity index (χ4n) is 0.977. The number of esters is 1. The molecule has 1 rings (SSSR count). The van der Waals surface area contributed by atoms with Crippen LogP contribution in [0.3, 0.4) is 0 Å². The summed E-state index contributed by atoms with van der Waals surface area (Å²) in [4.78, 5) is 14.5. The Hall–Kier alpha value is -1.72. The minimum atomic E-state index is -2.85. The number of alkyl halides is 2. The van der Waals surface area contributed by atoms with Gasteiger partial charge in [0.15, 0.2) is 5.69 Å². The van der Waals surface area contributed by atoms with Crippen molar-refractivity contribution in [1.29, 1.82) is 0 Å². The molecule has 0 saturated carbocycles. The summed E-state index contributed by atoms with van der Waals surface area (Å²) in [6, 6.07) is 1.20. The Kier molecular flexibility index (Phi) is 2.95. The zero-order chi connectivity index (χ0) is 10.7. The van der Waals surface area contributed by atoms with Gasteiger partial charge in [0.1, 0.15) is 0 Å². The minimum absolute atomic E-state index is 0.171. The van der Waals surface area contributed by atoms with Gasteiger partial charge in [-0.15, -0.1) is 0 Å². The molecule has 0 fully saturated rings. The minimum Gasteiger partial charge on any atom is -0.464 e. The van der Waals surface area contributed by atoms with E-state index in [2.05, 4.69) is 9.72 Å². The van der Waals surface area contributed by atoms with E-state index in [1.165, 1.54) is 12.3 Å². The molecule has 1 aromatic heterocycles. The molecule has 0 aromatic carbocycles. The molecule has 1 heterocycles. The number of anilines is 1. The number of nitrogens with two attached hydrogens (primary N) is 1. The lowest BCUT2D eigenvalue weighted by Crippen LogP contribution is -2.11. The molecule has 4 nitrogen and oxygen atoms in total. The second-order valence-corrected chi connectivity index (χ2v) is 2.45. The van der Waals surface area contributed by atoms with E-state index in [4.69, 9.17) is 5.73 Å². The first-order valence-corrected chi connectivity index (χ1v) is 3.68. The van der Waals surface area contributed by atoms with Gasteiger partial charge in [0.2, 0.25) is 0 Å². The van der Waals surface area contributed by atoms with E-state index in [1.807, 2.05) is 0 Å². The van der Waals surface area contributed by atoms with Crippen LogP contribution in [0.1, 0.15) is 22.5 Å². The first-order chi connectivity index (χ1) is 6.57. The van der Waals surface area contributed by atoms with Crippen LogP contribution in [0.15, 0.2) is 12.3 Å². The van der Waals surface area contributed by atoms with Gasteiger partial charge in [-0.2, -0.15) is 0 Å². The van der Waals surface area contributed by atoms with Gasteiger partial charge in [-0.25, -0.2) is 18.6 Å². The second-order valence-electron chi connectivity index (χ2n) is 2.45. The van der Waals surface area contributed by atoms with E-state index in [0.29, 0.717) is 0 Å². The van der Waals surface area contributed by atoms with Crippen LogP contribution in [0.5, 0.6) is 0 Å². The first kappa shape index (κ1) is 10.4. The Morgan fingerprint density at radius 1 is 1.64 bits per heavy atom. The number of pyridine rings is 1. The lowest BCUT2D eigenvalue weighted by atomic mass is 10.1. The van der Waals surface area contributed by atoms with E-state index in [9.17, 15) is 13.6 Å². The number of rotatable bonds is 2. The average Bonchev–Trinajstić information content (AvgIpc) is 2.15. The van der Waals surface area contributed by atoms with Crippen LogP contribution >= 0.6 is 0 Å². The number of hydrogen-bond acceptors (Lipinski definition) is 4. The topological polar surface area (TPSA) is 65.2 Å². The fourth-order valence-corrected chi connectivity index (χ4v) is 0.977. The largest absolute Gasteiger partial charge is 0.464 e. The maximum atomic E-state index is 12.5. The number of aromatic nitrogens is 1. The van der Waals surface area contributed by atoms with Crippen molar-refractivity contribution >= 4 is 11.7 Å². The van der Waals surface area contributed by atoms with Crippen LogP contribution in [0.25, 0.3) is 0 Å². The molecule has 0 spiro atoms. The van der Waals surface area contributed by atoms with Gasteiger partial charge in [0.05, 0.1) is 12.7 Å². The van der Waals surface area contributed by atoms with Crippen molar-refractivity contribution in [3.8, 4) is 0 Å². The van der Waals surface area contributed by atoms with Crippen molar-refractivity contribution in [2.45, 2.75) is 6.43 Å². The molecule has 0 aliphatic carbocycles. The monoisotopic (exact) mass is 202 g/mol. The third kappa shape index (κ3) is 1.78. The summed E-state index contributed by atoms with van der Waals surface area (Å²) in [7, 11) is 1.09. The van der Waals surface area contributed by atoms with Gasteiger partial charge >= 0.3 is 5.97 Å². The van der Waals surface area contributed by atoms with Crippen LogP contribution in [0.4, 0.5) is 14.5 Å². The molecule has 0 aliphatic rings. The van der Waals surface area contributed by atoms with E-state index in [0.717, 1.165) is 7.11 Å². The number of carbonyl (C=O) groups is 1. The van der Waals surface area contributed by atoms with Crippen LogP contribution in [-0.4, -0.2) is 18.1 Å². The van der Waals surface area contributed by atoms with Crippen molar-refractivity contribution in [1.82, 2.24) is 4.98 Å². The Bertz CT molecular complexity index is 355. The predicted octanol–water partition coefficient (Wildman–Crippen LogP) is 1.39.